The van der Waals surface area contributed by atoms with Crippen molar-refractivity contribution in [2.45, 2.75) is 12.5 Å². The number of nitrogens with one attached hydrogen (secondary N) is 1. The van der Waals surface area contributed by atoms with Gasteiger partial charge in [0.2, 0.25) is 5.91 Å². The summed E-state index contributed by atoms with van der Waals surface area (Å²) in [7, 11) is 0. The van der Waals surface area contributed by atoms with Crippen LogP contribution in [0.25, 0.3) is 0 Å². The molecule has 0 radical (unpaired) electrons. The number of aromatic nitrogens is 1. The molecule has 4 amide bonds. The van der Waals surface area contributed by atoms with Crippen molar-refractivity contribution in [1.82, 2.24) is 10.3 Å². The fourth-order valence-corrected chi connectivity index (χ4v) is 4.26. The second-order valence-electron chi connectivity index (χ2n) is 6.78. The number of carbonyl (C=O) groups is 3. The highest BCUT2D eigenvalue weighted by molar-refractivity contribution is 6.30. The summed E-state index contributed by atoms with van der Waals surface area (Å²) in [5.41, 5.74) is 0.356. The van der Waals surface area contributed by atoms with Crippen molar-refractivity contribution in [2.24, 2.45) is 5.41 Å². The molecule has 2 atom stereocenters. The van der Waals surface area contributed by atoms with E-state index in [0.717, 1.165) is 16.2 Å². The topological polar surface area (TPSA) is 105 Å². The van der Waals surface area contributed by atoms with Crippen LogP contribution >= 0.6 is 0 Å². The van der Waals surface area contributed by atoms with Gasteiger partial charge >= 0.3 is 12.0 Å². The molecule has 1 aromatic heterocycles. The molecule has 2 aromatic rings. The van der Waals surface area contributed by atoms with Gasteiger partial charge in [-0.3, -0.25) is 14.9 Å². The minimum absolute atomic E-state index is 0.161. The molecule has 9 heteroatoms. The predicted molar refractivity (Wildman–Crippen MR) is 92.1 cm³/mol. The second kappa shape index (κ2) is 5.65. The van der Waals surface area contributed by atoms with Crippen molar-refractivity contribution < 1.29 is 23.5 Å². The van der Waals surface area contributed by atoms with E-state index in [0.29, 0.717) is 13.2 Å². The molecule has 27 heavy (non-hydrogen) atoms. The van der Waals surface area contributed by atoms with Crippen LogP contribution in [0, 0.1) is 5.41 Å². The number of benzene rings is 1. The maximum atomic E-state index is 13.5. The maximum Gasteiger partial charge on any atom is 0.339 e. The number of nitrogens with zero attached hydrogens (tertiary/aromatic N) is 3. The summed E-state index contributed by atoms with van der Waals surface area (Å²) in [6.07, 6.45) is 2.78. The smallest absolute Gasteiger partial charge is 0.339 e. The summed E-state index contributed by atoms with van der Waals surface area (Å²) in [6, 6.07) is 6.12. The Morgan fingerprint density at radius 2 is 2.07 bits per heavy atom. The normalized spacial score (nSPS) is 27.4. The van der Waals surface area contributed by atoms with E-state index >= 15 is 0 Å². The fourth-order valence-electron chi connectivity index (χ4n) is 4.26. The van der Waals surface area contributed by atoms with Gasteiger partial charge in [0.1, 0.15) is 6.26 Å². The van der Waals surface area contributed by atoms with Crippen molar-refractivity contribution in [3.63, 3.8) is 0 Å². The zero-order valence-electron chi connectivity index (χ0n) is 14.3. The average Bonchev–Trinajstić information content (AvgIpc) is 3.20. The first-order valence-electron chi connectivity index (χ1n) is 8.64. The summed E-state index contributed by atoms with van der Waals surface area (Å²) in [5, 5.41) is 2.32. The third-order valence-corrected chi connectivity index (χ3v) is 5.49. The van der Waals surface area contributed by atoms with Crippen LogP contribution < -0.4 is 15.1 Å². The Bertz CT molecular complexity index is 943. The van der Waals surface area contributed by atoms with E-state index < -0.39 is 29.3 Å². The van der Waals surface area contributed by atoms with Gasteiger partial charge < -0.3 is 14.1 Å². The minimum Gasteiger partial charge on any atom is -0.431 e. The first-order chi connectivity index (χ1) is 13.1. The SMILES string of the molecule is O=C1NC(=O)C2(Cc3ccccc3N3CCOCC32)C(=O)N1c1ncco1. The van der Waals surface area contributed by atoms with Crippen LogP contribution in [0.15, 0.2) is 41.1 Å². The fraction of sp³-hybridized carbons (Fsp3) is 0.333. The van der Waals surface area contributed by atoms with E-state index in [-0.39, 0.29) is 19.0 Å². The summed E-state index contributed by atoms with van der Waals surface area (Å²) in [5.74, 6) is -1.26. The van der Waals surface area contributed by atoms with Gasteiger partial charge in [0, 0.05) is 12.2 Å². The third kappa shape index (κ3) is 2.08. The number of hydrogen-bond acceptors (Lipinski definition) is 7. The molecular formula is C18H16N4O5. The van der Waals surface area contributed by atoms with E-state index in [1.807, 2.05) is 29.2 Å². The van der Waals surface area contributed by atoms with E-state index in [9.17, 15) is 14.4 Å². The Labute approximate surface area is 153 Å². The number of barbiturate groups is 1. The van der Waals surface area contributed by atoms with Crippen LogP contribution in [-0.4, -0.2) is 48.6 Å². The molecule has 1 aromatic carbocycles. The standard InChI is InChI=1S/C18H16N4O5/c23-14-18(15(24)22(16(25)20-14)17-19-5-7-27-17)9-11-3-1-2-4-12(11)21-6-8-26-10-13(18)21/h1-5,7,13H,6,8-10H2,(H,20,23,25). The molecular weight excluding hydrogens is 352 g/mol. The summed E-state index contributed by atoms with van der Waals surface area (Å²) in [6.45, 7) is 1.26. The number of amides is 4. The lowest BCUT2D eigenvalue weighted by molar-refractivity contribution is -0.147. The monoisotopic (exact) mass is 368 g/mol. The number of imide groups is 2. The van der Waals surface area contributed by atoms with Gasteiger partial charge in [0.25, 0.3) is 5.91 Å². The minimum atomic E-state index is -1.50. The highest BCUT2D eigenvalue weighted by Gasteiger charge is 2.63. The number of fused-ring (bicyclic) bond motifs is 4. The average molecular weight is 368 g/mol. The van der Waals surface area contributed by atoms with Gasteiger partial charge in [0.05, 0.1) is 25.5 Å². The molecule has 2 unspecified atom stereocenters. The zero-order valence-corrected chi connectivity index (χ0v) is 14.3. The van der Waals surface area contributed by atoms with Crippen LogP contribution in [0.5, 0.6) is 0 Å². The largest absolute Gasteiger partial charge is 0.431 e. The molecule has 2 fully saturated rings. The molecule has 1 N–H and O–H groups in total. The number of para-hydroxylation sites is 1. The molecule has 9 nitrogen and oxygen atoms in total. The Kier molecular flexibility index (Phi) is 3.35. The number of ether oxygens (including phenoxy) is 1. The van der Waals surface area contributed by atoms with E-state index in [1.165, 1.54) is 12.5 Å². The molecule has 138 valence electrons. The summed E-state index contributed by atoms with van der Waals surface area (Å²) < 4.78 is 10.8. The molecule has 3 aliphatic rings. The van der Waals surface area contributed by atoms with Gasteiger partial charge in [0.15, 0.2) is 5.41 Å². The van der Waals surface area contributed by atoms with Crippen LogP contribution in [0.1, 0.15) is 5.56 Å². The first kappa shape index (κ1) is 16.0. The second-order valence-corrected chi connectivity index (χ2v) is 6.78. The third-order valence-electron chi connectivity index (χ3n) is 5.49. The Morgan fingerprint density at radius 3 is 2.89 bits per heavy atom. The predicted octanol–water partition coefficient (Wildman–Crippen LogP) is 0.705. The van der Waals surface area contributed by atoms with Crippen LogP contribution in [0.4, 0.5) is 16.5 Å². The van der Waals surface area contributed by atoms with Gasteiger partial charge in [-0.25, -0.2) is 9.78 Å². The number of urea groups is 1. The molecule has 0 aliphatic carbocycles. The summed E-state index contributed by atoms with van der Waals surface area (Å²) >= 11 is 0. The lowest BCUT2D eigenvalue weighted by atomic mass is 9.68. The van der Waals surface area contributed by atoms with Crippen molar-refractivity contribution in [1.29, 1.82) is 0 Å². The Morgan fingerprint density at radius 1 is 1.22 bits per heavy atom. The molecule has 0 saturated carbocycles. The molecule has 0 bridgehead atoms. The van der Waals surface area contributed by atoms with Gasteiger partial charge in [-0.05, 0) is 18.1 Å². The lowest BCUT2D eigenvalue weighted by Crippen LogP contribution is -2.74. The van der Waals surface area contributed by atoms with Crippen LogP contribution in [-0.2, 0) is 20.7 Å². The number of carbonyl (C=O) groups excluding carboxylic acids is 3. The van der Waals surface area contributed by atoms with Crippen LogP contribution in [0.3, 0.4) is 0 Å². The van der Waals surface area contributed by atoms with Crippen LogP contribution in [0.2, 0.25) is 0 Å². The van der Waals surface area contributed by atoms with E-state index in [2.05, 4.69) is 10.3 Å². The Balaban J connectivity index is 1.68. The zero-order chi connectivity index (χ0) is 18.6. The van der Waals surface area contributed by atoms with Gasteiger partial charge in [-0.1, -0.05) is 18.2 Å². The van der Waals surface area contributed by atoms with E-state index in [4.69, 9.17) is 9.15 Å². The lowest BCUT2D eigenvalue weighted by Gasteiger charge is -2.52. The maximum absolute atomic E-state index is 13.5. The highest BCUT2D eigenvalue weighted by atomic mass is 16.5. The molecule has 1 spiro atoms. The number of anilines is 2. The quantitative estimate of drug-likeness (QED) is 0.739. The Hall–Kier alpha value is -3.20. The number of rotatable bonds is 1. The van der Waals surface area contributed by atoms with Crippen molar-refractivity contribution in [2.75, 3.05) is 29.6 Å². The first-order valence-corrected chi connectivity index (χ1v) is 8.64. The molecule has 4 heterocycles. The van der Waals surface area contributed by atoms with Gasteiger partial charge in [-0.15, -0.1) is 0 Å². The van der Waals surface area contributed by atoms with Crippen molar-refractivity contribution >= 4 is 29.5 Å². The number of morpholine rings is 1. The van der Waals surface area contributed by atoms with Gasteiger partial charge in [-0.2, -0.15) is 4.90 Å². The van der Waals surface area contributed by atoms with Crippen molar-refractivity contribution in [3.05, 3.63) is 42.3 Å². The number of hydrogen-bond donors (Lipinski definition) is 1. The molecule has 5 rings (SSSR count). The highest BCUT2D eigenvalue weighted by Crippen LogP contribution is 2.45. The van der Waals surface area contributed by atoms with E-state index in [1.54, 1.807) is 0 Å². The molecule has 3 aliphatic heterocycles. The molecule has 2 saturated heterocycles. The number of oxazole rings is 1. The van der Waals surface area contributed by atoms with Crippen molar-refractivity contribution in [3.8, 4) is 0 Å². The summed E-state index contributed by atoms with van der Waals surface area (Å²) in [4.78, 5) is 45.7.